The lowest BCUT2D eigenvalue weighted by atomic mass is 10.2. The van der Waals surface area contributed by atoms with Crippen molar-refractivity contribution in [2.45, 2.75) is 31.8 Å². The molecule has 66 valence electrons. The van der Waals surface area contributed by atoms with E-state index in [2.05, 4.69) is 16.7 Å². The summed E-state index contributed by atoms with van der Waals surface area (Å²) in [5.74, 6) is 0.0941. The number of amides is 1. The molecule has 2 N–H and O–H groups in total. The van der Waals surface area contributed by atoms with E-state index in [1.165, 1.54) is 0 Å². The minimum atomic E-state index is 0.0941. The van der Waals surface area contributed by atoms with Crippen LogP contribution in [0.2, 0.25) is 0 Å². The number of rotatable bonds is 3. The first-order chi connectivity index (χ1) is 5.72. The fourth-order valence-corrected chi connectivity index (χ4v) is 1.32. The molecule has 1 aliphatic rings. The van der Waals surface area contributed by atoms with Gasteiger partial charge in [-0.2, -0.15) is 5.26 Å². The van der Waals surface area contributed by atoms with Crippen LogP contribution in [-0.2, 0) is 4.79 Å². The standard InChI is InChI=1S/C8H13N3O/c1-6(2-3-9)11-7-4-8(12)10-5-7/h6-7,11H,2,4-5H2,1H3,(H,10,12). The van der Waals surface area contributed by atoms with Crippen LogP contribution < -0.4 is 10.6 Å². The first kappa shape index (κ1) is 9.01. The summed E-state index contributed by atoms with van der Waals surface area (Å²) < 4.78 is 0. The topological polar surface area (TPSA) is 64.9 Å². The second-order valence-corrected chi connectivity index (χ2v) is 3.14. The maximum atomic E-state index is 10.8. The molecule has 0 saturated carbocycles. The van der Waals surface area contributed by atoms with E-state index in [0.29, 0.717) is 19.4 Å². The number of nitriles is 1. The quantitative estimate of drug-likeness (QED) is 0.610. The van der Waals surface area contributed by atoms with Gasteiger partial charge in [0.05, 0.1) is 12.5 Å². The average molecular weight is 167 g/mol. The van der Waals surface area contributed by atoms with Crippen LogP contribution in [0.1, 0.15) is 19.8 Å². The summed E-state index contributed by atoms with van der Waals surface area (Å²) in [6.07, 6.45) is 1.03. The number of carbonyl (C=O) groups excluding carboxylic acids is 1. The Morgan fingerprint density at radius 2 is 2.67 bits per heavy atom. The highest BCUT2D eigenvalue weighted by Gasteiger charge is 2.21. The second kappa shape index (κ2) is 4.07. The minimum Gasteiger partial charge on any atom is -0.354 e. The fourth-order valence-electron chi connectivity index (χ4n) is 1.32. The van der Waals surface area contributed by atoms with Gasteiger partial charge in [-0.05, 0) is 6.92 Å². The van der Waals surface area contributed by atoms with Crippen molar-refractivity contribution in [2.75, 3.05) is 6.54 Å². The molecular weight excluding hydrogens is 154 g/mol. The van der Waals surface area contributed by atoms with Gasteiger partial charge in [-0.3, -0.25) is 4.79 Å². The van der Waals surface area contributed by atoms with Crippen LogP contribution in [0.25, 0.3) is 0 Å². The van der Waals surface area contributed by atoms with Gasteiger partial charge in [-0.15, -0.1) is 0 Å². The molecule has 0 aromatic carbocycles. The highest BCUT2D eigenvalue weighted by molar-refractivity contribution is 5.78. The van der Waals surface area contributed by atoms with Crippen LogP contribution >= 0.6 is 0 Å². The zero-order valence-electron chi connectivity index (χ0n) is 7.13. The van der Waals surface area contributed by atoms with Gasteiger partial charge in [-0.1, -0.05) is 0 Å². The first-order valence-corrected chi connectivity index (χ1v) is 4.12. The zero-order valence-corrected chi connectivity index (χ0v) is 7.13. The summed E-state index contributed by atoms with van der Waals surface area (Å²) in [4.78, 5) is 10.8. The van der Waals surface area contributed by atoms with E-state index < -0.39 is 0 Å². The molecule has 12 heavy (non-hydrogen) atoms. The summed E-state index contributed by atoms with van der Waals surface area (Å²) in [5, 5.41) is 14.3. The number of carbonyl (C=O) groups is 1. The lowest BCUT2D eigenvalue weighted by Gasteiger charge is -2.14. The maximum absolute atomic E-state index is 10.8. The molecule has 0 aliphatic carbocycles. The monoisotopic (exact) mass is 167 g/mol. The van der Waals surface area contributed by atoms with Crippen LogP contribution in [-0.4, -0.2) is 24.5 Å². The van der Waals surface area contributed by atoms with Crippen molar-refractivity contribution in [3.8, 4) is 6.07 Å². The Balaban J connectivity index is 2.23. The highest BCUT2D eigenvalue weighted by atomic mass is 16.1. The summed E-state index contributed by atoms with van der Waals surface area (Å²) in [6.45, 7) is 2.64. The van der Waals surface area contributed by atoms with Crippen molar-refractivity contribution in [1.82, 2.24) is 10.6 Å². The van der Waals surface area contributed by atoms with Gasteiger partial charge in [0.2, 0.25) is 5.91 Å². The fraction of sp³-hybridized carbons (Fsp3) is 0.750. The molecule has 1 aliphatic heterocycles. The minimum absolute atomic E-state index is 0.0941. The Hall–Kier alpha value is -1.08. The lowest BCUT2D eigenvalue weighted by molar-refractivity contribution is -0.119. The van der Waals surface area contributed by atoms with Crippen LogP contribution in [0, 0.1) is 11.3 Å². The third-order valence-electron chi connectivity index (χ3n) is 1.90. The van der Waals surface area contributed by atoms with E-state index in [4.69, 9.17) is 5.26 Å². The first-order valence-electron chi connectivity index (χ1n) is 4.12. The summed E-state index contributed by atoms with van der Waals surface area (Å²) in [5.41, 5.74) is 0. The van der Waals surface area contributed by atoms with E-state index in [9.17, 15) is 4.79 Å². The summed E-state index contributed by atoms with van der Waals surface area (Å²) in [6, 6.07) is 2.47. The smallest absolute Gasteiger partial charge is 0.221 e. The molecule has 1 saturated heterocycles. The van der Waals surface area contributed by atoms with Gasteiger partial charge in [0, 0.05) is 25.0 Å². The second-order valence-electron chi connectivity index (χ2n) is 3.14. The van der Waals surface area contributed by atoms with Crippen molar-refractivity contribution < 1.29 is 4.79 Å². The van der Waals surface area contributed by atoms with Gasteiger partial charge >= 0.3 is 0 Å². The largest absolute Gasteiger partial charge is 0.354 e. The molecule has 0 bridgehead atoms. The molecule has 4 nitrogen and oxygen atoms in total. The molecule has 1 rings (SSSR count). The van der Waals surface area contributed by atoms with Gasteiger partial charge in [0.25, 0.3) is 0 Å². The summed E-state index contributed by atoms with van der Waals surface area (Å²) >= 11 is 0. The molecule has 0 spiro atoms. The predicted molar refractivity (Wildman–Crippen MR) is 44.2 cm³/mol. The Morgan fingerprint density at radius 1 is 1.92 bits per heavy atom. The van der Waals surface area contributed by atoms with E-state index in [1.54, 1.807) is 0 Å². The van der Waals surface area contributed by atoms with Gasteiger partial charge in [0.1, 0.15) is 0 Å². The van der Waals surface area contributed by atoms with Crippen molar-refractivity contribution >= 4 is 5.91 Å². The molecule has 2 unspecified atom stereocenters. The van der Waals surface area contributed by atoms with E-state index >= 15 is 0 Å². The molecule has 1 amide bonds. The van der Waals surface area contributed by atoms with Crippen molar-refractivity contribution in [3.05, 3.63) is 0 Å². The van der Waals surface area contributed by atoms with Crippen LogP contribution in [0.15, 0.2) is 0 Å². The van der Waals surface area contributed by atoms with Gasteiger partial charge < -0.3 is 10.6 Å². The number of nitrogens with zero attached hydrogens (tertiary/aromatic N) is 1. The average Bonchev–Trinajstić information content (AvgIpc) is 2.36. The third-order valence-corrected chi connectivity index (χ3v) is 1.90. The molecular formula is C8H13N3O. The van der Waals surface area contributed by atoms with E-state index in [1.807, 2.05) is 6.92 Å². The normalized spacial score (nSPS) is 24.7. The summed E-state index contributed by atoms with van der Waals surface area (Å²) in [7, 11) is 0. The molecule has 1 heterocycles. The van der Waals surface area contributed by atoms with E-state index in [0.717, 1.165) is 0 Å². The number of hydrogen-bond donors (Lipinski definition) is 2. The Bertz CT molecular complexity index is 209. The van der Waals surface area contributed by atoms with Crippen molar-refractivity contribution in [1.29, 1.82) is 5.26 Å². The molecule has 0 aromatic heterocycles. The SMILES string of the molecule is CC(CC#N)NC1CNC(=O)C1. The maximum Gasteiger partial charge on any atom is 0.221 e. The number of hydrogen-bond acceptors (Lipinski definition) is 3. The number of nitrogens with one attached hydrogen (secondary N) is 2. The molecule has 0 radical (unpaired) electrons. The molecule has 2 atom stereocenters. The van der Waals surface area contributed by atoms with Crippen molar-refractivity contribution in [3.63, 3.8) is 0 Å². The van der Waals surface area contributed by atoms with Gasteiger partial charge in [0.15, 0.2) is 0 Å². The van der Waals surface area contributed by atoms with Gasteiger partial charge in [-0.25, -0.2) is 0 Å². The van der Waals surface area contributed by atoms with Crippen LogP contribution in [0.4, 0.5) is 0 Å². The van der Waals surface area contributed by atoms with Crippen LogP contribution in [0.5, 0.6) is 0 Å². The predicted octanol–water partition coefficient (Wildman–Crippen LogP) is -0.233. The van der Waals surface area contributed by atoms with Crippen molar-refractivity contribution in [2.24, 2.45) is 0 Å². The Morgan fingerprint density at radius 3 is 3.17 bits per heavy atom. The zero-order chi connectivity index (χ0) is 8.97. The van der Waals surface area contributed by atoms with Crippen LogP contribution in [0.3, 0.4) is 0 Å². The highest BCUT2D eigenvalue weighted by Crippen LogP contribution is 2.01. The molecule has 1 fully saturated rings. The Labute approximate surface area is 71.9 Å². The molecule has 4 heteroatoms. The molecule has 0 aromatic rings. The Kier molecular flexibility index (Phi) is 3.06. The third kappa shape index (κ3) is 2.51. The lowest BCUT2D eigenvalue weighted by Crippen LogP contribution is -2.37. The van der Waals surface area contributed by atoms with E-state index in [-0.39, 0.29) is 18.0 Å².